The van der Waals surface area contributed by atoms with E-state index in [0.717, 1.165) is 91.9 Å². The van der Waals surface area contributed by atoms with Gasteiger partial charge in [0, 0.05) is 53.9 Å². The molecular formula is C35H56N3O2S+. The van der Waals surface area contributed by atoms with Crippen molar-refractivity contribution in [3.05, 3.63) is 53.6 Å². The number of aliphatic hydroxyl groups is 1. The van der Waals surface area contributed by atoms with Crippen LogP contribution in [0.1, 0.15) is 96.6 Å². The third kappa shape index (κ3) is 8.09. The van der Waals surface area contributed by atoms with E-state index in [0.29, 0.717) is 6.42 Å². The molecule has 1 heterocycles. The summed E-state index contributed by atoms with van der Waals surface area (Å²) in [5.74, 6) is 0.833. The molecule has 2 unspecified atom stereocenters. The Kier molecular flexibility index (Phi) is 12.6. The van der Waals surface area contributed by atoms with E-state index in [4.69, 9.17) is 0 Å². The molecule has 1 aliphatic rings. The number of nitrogens with zero attached hydrogens (tertiary/aromatic N) is 2. The maximum atomic E-state index is 13.0. The third-order valence-corrected chi connectivity index (χ3v) is 11.3. The number of amides is 1. The van der Waals surface area contributed by atoms with E-state index in [-0.39, 0.29) is 17.2 Å². The summed E-state index contributed by atoms with van der Waals surface area (Å²) in [7, 11) is 4.13. The van der Waals surface area contributed by atoms with Crippen LogP contribution >= 0.6 is 11.8 Å². The average molecular weight is 583 g/mol. The highest BCUT2D eigenvalue weighted by Gasteiger charge is 2.44. The number of hydrogen-bond donors (Lipinski definition) is 2. The van der Waals surface area contributed by atoms with Crippen molar-refractivity contribution in [3.8, 4) is 0 Å². The van der Waals surface area contributed by atoms with Gasteiger partial charge in [-0.05, 0) is 87.9 Å². The van der Waals surface area contributed by atoms with E-state index in [1.165, 1.54) is 10.5 Å². The van der Waals surface area contributed by atoms with E-state index in [1.807, 2.05) is 23.9 Å². The number of nitrogens with one attached hydrogen (secondary N) is 1. The molecule has 0 bridgehead atoms. The first-order chi connectivity index (χ1) is 19.7. The van der Waals surface area contributed by atoms with Gasteiger partial charge in [0.1, 0.15) is 0 Å². The van der Waals surface area contributed by atoms with Crippen molar-refractivity contribution in [1.82, 2.24) is 0 Å². The van der Waals surface area contributed by atoms with Crippen LogP contribution in [0.2, 0.25) is 0 Å². The van der Waals surface area contributed by atoms with Crippen molar-refractivity contribution < 1.29 is 14.4 Å². The molecule has 0 spiro atoms. The second-order valence-electron chi connectivity index (χ2n) is 12.3. The van der Waals surface area contributed by atoms with Gasteiger partial charge in [0.15, 0.2) is 0 Å². The smallest absolute Gasteiger partial charge is 0.224 e. The summed E-state index contributed by atoms with van der Waals surface area (Å²) >= 11 is 1.90. The van der Waals surface area contributed by atoms with Crippen LogP contribution in [0.5, 0.6) is 0 Å². The number of hydrogen-bond acceptors (Lipinski definition) is 4. The Labute approximate surface area is 254 Å². The molecule has 228 valence electrons. The minimum Gasteiger partial charge on any atom is -0.392 e. The van der Waals surface area contributed by atoms with Gasteiger partial charge >= 0.3 is 0 Å². The van der Waals surface area contributed by atoms with Crippen LogP contribution in [0.4, 0.5) is 11.4 Å². The van der Waals surface area contributed by atoms with E-state index in [1.54, 1.807) is 0 Å². The molecule has 3 atom stereocenters. The van der Waals surface area contributed by atoms with Crippen LogP contribution in [0.3, 0.4) is 0 Å². The molecule has 5 nitrogen and oxygen atoms in total. The molecule has 3 rings (SSSR count). The molecule has 6 heteroatoms. The molecule has 2 aromatic carbocycles. The maximum absolute atomic E-state index is 13.0. The Hall–Kier alpha value is -2.02. The van der Waals surface area contributed by atoms with Gasteiger partial charge in [-0.25, -0.2) is 0 Å². The number of aliphatic hydroxyl groups excluding tert-OH is 1. The molecule has 0 fully saturated rings. The molecule has 0 aromatic heterocycles. The molecule has 0 aliphatic carbocycles. The summed E-state index contributed by atoms with van der Waals surface area (Å²) in [6.07, 6.45) is 6.19. The monoisotopic (exact) mass is 582 g/mol. The first kappa shape index (κ1) is 33.5. The fourth-order valence-electron chi connectivity index (χ4n) is 6.53. The Balaban J connectivity index is 1.86. The first-order valence-electron chi connectivity index (χ1n) is 16.0. The molecule has 0 saturated carbocycles. The van der Waals surface area contributed by atoms with Gasteiger partial charge in [-0.3, -0.25) is 4.79 Å². The van der Waals surface area contributed by atoms with Crippen LogP contribution in [0.25, 0.3) is 0 Å². The summed E-state index contributed by atoms with van der Waals surface area (Å²) in [4.78, 5) is 16.3. The van der Waals surface area contributed by atoms with E-state index < -0.39 is 6.10 Å². The SMILES string of the molecule is CCCC[C@@]1(CC)CSc2ccc(N(C)C)cc2C(c2cccc(NC(=O)CCCC[N+](CC)(CC)CC)c2)C1O. The van der Waals surface area contributed by atoms with Gasteiger partial charge in [0.05, 0.1) is 32.3 Å². The maximum Gasteiger partial charge on any atom is 0.224 e. The molecule has 2 N–H and O–H groups in total. The Morgan fingerprint density at radius 2 is 1.76 bits per heavy atom. The Morgan fingerprint density at radius 1 is 1.02 bits per heavy atom. The van der Waals surface area contributed by atoms with Crippen LogP contribution in [0.15, 0.2) is 47.4 Å². The Bertz CT molecular complexity index is 1110. The van der Waals surface area contributed by atoms with E-state index in [9.17, 15) is 9.90 Å². The number of unbranched alkanes of at least 4 members (excludes halogenated alkanes) is 2. The lowest BCUT2D eigenvalue weighted by Gasteiger charge is -2.40. The van der Waals surface area contributed by atoms with Gasteiger partial charge in [0.2, 0.25) is 5.91 Å². The zero-order chi connectivity index (χ0) is 30.0. The zero-order valence-electron chi connectivity index (χ0n) is 26.8. The van der Waals surface area contributed by atoms with Crippen LogP contribution in [0, 0.1) is 5.41 Å². The number of rotatable bonds is 15. The first-order valence-corrected chi connectivity index (χ1v) is 17.0. The molecule has 1 amide bonds. The molecule has 2 aromatic rings. The quantitative estimate of drug-likeness (QED) is 0.165. The fourth-order valence-corrected chi connectivity index (χ4v) is 8.01. The highest BCUT2D eigenvalue weighted by atomic mass is 32.2. The highest BCUT2D eigenvalue weighted by molar-refractivity contribution is 7.99. The Morgan fingerprint density at radius 3 is 2.39 bits per heavy atom. The van der Waals surface area contributed by atoms with Crippen molar-refractivity contribution in [1.29, 1.82) is 0 Å². The highest BCUT2D eigenvalue weighted by Crippen LogP contribution is 2.51. The predicted octanol–water partition coefficient (Wildman–Crippen LogP) is 7.92. The standard InChI is InChI=1S/C35H55N3O2S/c1-8-13-22-35(9-2)26-41-31-21-20-29(37(6)7)25-30(31)33(34(35)40)27-17-16-18-28(24-27)36-32(39)19-14-15-23-38(10-3,11-4)12-5/h16-18,20-21,24-25,33-34,40H,8-15,19,22-23,26H2,1-7H3/p+1/t33?,34?,35-/m0/s1. The van der Waals surface area contributed by atoms with Crippen molar-refractivity contribution in [2.45, 2.75) is 96.5 Å². The van der Waals surface area contributed by atoms with Gasteiger partial charge in [0.25, 0.3) is 0 Å². The lowest BCUT2D eigenvalue weighted by molar-refractivity contribution is -0.923. The minimum absolute atomic E-state index is 0.0721. The number of quaternary nitrogens is 1. The number of benzene rings is 2. The van der Waals surface area contributed by atoms with E-state index >= 15 is 0 Å². The molecule has 41 heavy (non-hydrogen) atoms. The van der Waals surface area contributed by atoms with Gasteiger partial charge in [-0.1, -0.05) is 38.8 Å². The van der Waals surface area contributed by atoms with Crippen LogP contribution < -0.4 is 10.2 Å². The number of carbonyl (C=O) groups is 1. The van der Waals surface area contributed by atoms with Crippen molar-refractivity contribution >= 4 is 29.0 Å². The summed E-state index contributed by atoms with van der Waals surface area (Å²) in [6.45, 7) is 15.8. The third-order valence-electron chi connectivity index (χ3n) is 9.86. The van der Waals surface area contributed by atoms with Crippen molar-refractivity contribution in [3.63, 3.8) is 0 Å². The summed E-state index contributed by atoms with van der Waals surface area (Å²) in [5.41, 5.74) is 4.05. The molecule has 0 saturated heterocycles. The molecular weight excluding hydrogens is 526 g/mol. The molecule has 0 radical (unpaired) electrons. The van der Waals surface area contributed by atoms with Gasteiger partial charge < -0.3 is 19.8 Å². The summed E-state index contributed by atoms with van der Waals surface area (Å²) < 4.78 is 1.13. The van der Waals surface area contributed by atoms with Crippen LogP contribution in [-0.4, -0.2) is 67.6 Å². The second-order valence-corrected chi connectivity index (χ2v) is 13.3. The molecule has 1 aliphatic heterocycles. The zero-order valence-corrected chi connectivity index (χ0v) is 27.7. The largest absolute Gasteiger partial charge is 0.392 e. The van der Waals surface area contributed by atoms with Gasteiger partial charge in [-0.2, -0.15) is 0 Å². The average Bonchev–Trinajstić information content (AvgIpc) is 3.10. The number of anilines is 2. The minimum atomic E-state index is -0.509. The predicted molar refractivity (Wildman–Crippen MR) is 177 cm³/mol. The number of fused-ring (bicyclic) bond motifs is 1. The van der Waals surface area contributed by atoms with Crippen LogP contribution in [-0.2, 0) is 4.79 Å². The fraction of sp³-hybridized carbons (Fsp3) is 0.629. The summed E-state index contributed by atoms with van der Waals surface area (Å²) in [6, 6.07) is 14.9. The second kappa shape index (κ2) is 15.5. The van der Waals surface area contributed by atoms with Crippen molar-refractivity contribution in [2.75, 3.05) is 56.2 Å². The van der Waals surface area contributed by atoms with Gasteiger partial charge in [-0.15, -0.1) is 11.8 Å². The topological polar surface area (TPSA) is 52.6 Å². The van der Waals surface area contributed by atoms with E-state index in [2.05, 4.69) is 89.3 Å². The lowest BCUT2D eigenvalue weighted by Crippen LogP contribution is -2.48. The number of thioether (sulfide) groups is 1. The van der Waals surface area contributed by atoms with Crippen molar-refractivity contribution in [2.24, 2.45) is 5.41 Å². The summed E-state index contributed by atoms with van der Waals surface area (Å²) in [5, 5.41) is 15.4. The lowest BCUT2D eigenvalue weighted by atomic mass is 9.69. The number of carbonyl (C=O) groups excluding carboxylic acids is 1. The normalized spacial score (nSPS) is 20.8.